The van der Waals surface area contributed by atoms with Crippen LogP contribution in [0.4, 0.5) is 11.6 Å². The van der Waals surface area contributed by atoms with Gasteiger partial charge in [-0.3, -0.25) is 25.0 Å². The van der Waals surface area contributed by atoms with Crippen LogP contribution in [0.5, 0.6) is 0 Å². The zero-order valence-electron chi connectivity index (χ0n) is 15.6. The maximum absolute atomic E-state index is 12.7. The number of nitrogens with zero attached hydrogens (tertiary/aromatic N) is 2. The van der Waals surface area contributed by atoms with Crippen molar-refractivity contribution in [1.29, 1.82) is 0 Å². The Hall–Kier alpha value is -3.46. The standard InChI is InChI=1S/C19H18ClN5O4/c1-10(2)16(18(27)24-19-21-14-5-3-4-6-15(14)22-19)23-17(26)12-8-7-11(25(28)29)9-13(12)20/h3-10,16H,1-2H3,(H,23,26)(H2,21,22,24,27)/t16-/m0/s1. The summed E-state index contributed by atoms with van der Waals surface area (Å²) in [5, 5.41) is 16.0. The van der Waals surface area contributed by atoms with Crippen molar-refractivity contribution in [2.24, 2.45) is 5.92 Å². The Morgan fingerprint density at radius 1 is 1.21 bits per heavy atom. The number of hydrogen-bond acceptors (Lipinski definition) is 5. The minimum absolute atomic E-state index is 0.0412. The molecule has 0 bridgehead atoms. The van der Waals surface area contributed by atoms with Gasteiger partial charge in [0.25, 0.3) is 11.6 Å². The minimum atomic E-state index is -0.873. The molecule has 9 nitrogen and oxygen atoms in total. The largest absolute Gasteiger partial charge is 0.340 e. The molecule has 0 unspecified atom stereocenters. The number of carbonyl (C=O) groups is 2. The first-order chi connectivity index (χ1) is 13.8. The van der Waals surface area contributed by atoms with Gasteiger partial charge >= 0.3 is 0 Å². The van der Waals surface area contributed by atoms with Crippen LogP contribution in [0.1, 0.15) is 24.2 Å². The second kappa shape index (κ2) is 8.27. The number of non-ortho nitro benzene ring substituents is 1. The number of amides is 2. The summed E-state index contributed by atoms with van der Waals surface area (Å²) in [7, 11) is 0. The van der Waals surface area contributed by atoms with Crippen molar-refractivity contribution in [3.8, 4) is 0 Å². The number of imidazole rings is 1. The number of fused-ring (bicyclic) bond motifs is 1. The second-order valence-corrected chi connectivity index (χ2v) is 7.12. The van der Waals surface area contributed by atoms with Crippen LogP contribution in [0.3, 0.4) is 0 Å². The lowest BCUT2D eigenvalue weighted by molar-refractivity contribution is -0.384. The second-order valence-electron chi connectivity index (χ2n) is 6.71. The van der Waals surface area contributed by atoms with Gasteiger partial charge in [-0.1, -0.05) is 37.6 Å². The molecule has 2 amide bonds. The lowest BCUT2D eigenvalue weighted by Gasteiger charge is -2.21. The molecule has 0 aliphatic heterocycles. The van der Waals surface area contributed by atoms with Gasteiger partial charge in [0.1, 0.15) is 6.04 Å². The molecule has 1 atom stereocenters. The van der Waals surface area contributed by atoms with Gasteiger partial charge in [0.05, 0.1) is 26.5 Å². The predicted molar refractivity (Wildman–Crippen MR) is 109 cm³/mol. The number of nitro groups is 1. The molecule has 0 aliphatic carbocycles. The van der Waals surface area contributed by atoms with Crippen molar-refractivity contribution in [2.75, 3.05) is 5.32 Å². The Morgan fingerprint density at radius 2 is 1.93 bits per heavy atom. The van der Waals surface area contributed by atoms with E-state index in [1.54, 1.807) is 19.9 Å². The molecule has 150 valence electrons. The van der Waals surface area contributed by atoms with Crippen molar-refractivity contribution in [2.45, 2.75) is 19.9 Å². The van der Waals surface area contributed by atoms with Crippen LogP contribution < -0.4 is 10.6 Å². The van der Waals surface area contributed by atoms with E-state index in [1.165, 1.54) is 12.1 Å². The number of aromatic nitrogens is 2. The zero-order valence-corrected chi connectivity index (χ0v) is 16.4. The molecule has 0 radical (unpaired) electrons. The number of nitrogens with one attached hydrogen (secondary N) is 3. The maximum atomic E-state index is 12.7. The van der Waals surface area contributed by atoms with Crippen molar-refractivity contribution >= 4 is 46.1 Å². The van der Waals surface area contributed by atoms with Crippen LogP contribution in [0.2, 0.25) is 5.02 Å². The van der Waals surface area contributed by atoms with Crippen LogP contribution in [-0.4, -0.2) is 32.7 Å². The number of carbonyl (C=O) groups excluding carboxylic acids is 2. The molecular formula is C19H18ClN5O4. The number of anilines is 1. The van der Waals surface area contributed by atoms with E-state index in [4.69, 9.17) is 11.6 Å². The highest BCUT2D eigenvalue weighted by atomic mass is 35.5. The molecular weight excluding hydrogens is 398 g/mol. The first-order valence-electron chi connectivity index (χ1n) is 8.76. The van der Waals surface area contributed by atoms with Gasteiger partial charge in [0.15, 0.2) is 0 Å². The molecule has 0 aliphatic rings. The van der Waals surface area contributed by atoms with Gasteiger partial charge in [0, 0.05) is 12.1 Å². The quantitative estimate of drug-likeness (QED) is 0.419. The molecule has 0 saturated carbocycles. The molecule has 10 heteroatoms. The Morgan fingerprint density at radius 3 is 2.55 bits per heavy atom. The molecule has 2 aromatic carbocycles. The van der Waals surface area contributed by atoms with E-state index in [2.05, 4.69) is 20.6 Å². The Labute approximate surface area is 170 Å². The summed E-state index contributed by atoms with van der Waals surface area (Å²) in [6.45, 7) is 3.56. The number of halogens is 1. The number of benzene rings is 2. The minimum Gasteiger partial charge on any atom is -0.340 e. The average molecular weight is 416 g/mol. The summed E-state index contributed by atoms with van der Waals surface area (Å²) < 4.78 is 0. The third-order valence-corrected chi connectivity index (χ3v) is 4.59. The molecule has 29 heavy (non-hydrogen) atoms. The summed E-state index contributed by atoms with van der Waals surface area (Å²) in [4.78, 5) is 42.8. The van der Waals surface area contributed by atoms with Crippen LogP contribution in [-0.2, 0) is 4.79 Å². The molecule has 0 spiro atoms. The fraction of sp³-hybridized carbons (Fsp3) is 0.211. The third-order valence-electron chi connectivity index (χ3n) is 4.27. The monoisotopic (exact) mass is 415 g/mol. The van der Waals surface area contributed by atoms with E-state index in [1.807, 2.05) is 18.2 Å². The van der Waals surface area contributed by atoms with Gasteiger partial charge in [-0.05, 0) is 24.1 Å². The average Bonchev–Trinajstić information content (AvgIpc) is 3.07. The molecule has 0 saturated heterocycles. The first-order valence-corrected chi connectivity index (χ1v) is 9.14. The SMILES string of the molecule is CC(C)[C@H](NC(=O)c1ccc([N+](=O)[O-])cc1Cl)C(=O)Nc1nc2ccccc2[nH]1. The van der Waals surface area contributed by atoms with E-state index in [0.29, 0.717) is 5.52 Å². The van der Waals surface area contributed by atoms with Crippen LogP contribution in [0, 0.1) is 16.0 Å². The van der Waals surface area contributed by atoms with Gasteiger partial charge < -0.3 is 10.3 Å². The highest BCUT2D eigenvalue weighted by Gasteiger charge is 2.26. The van der Waals surface area contributed by atoms with Crippen LogP contribution >= 0.6 is 11.6 Å². The van der Waals surface area contributed by atoms with E-state index >= 15 is 0 Å². The summed E-state index contributed by atoms with van der Waals surface area (Å²) in [5.74, 6) is -1.03. The number of para-hydroxylation sites is 2. The molecule has 1 aromatic heterocycles. The lowest BCUT2D eigenvalue weighted by atomic mass is 10.0. The summed E-state index contributed by atoms with van der Waals surface area (Å²) in [6, 6.07) is 9.97. The molecule has 3 N–H and O–H groups in total. The van der Waals surface area contributed by atoms with Crippen molar-refractivity contribution in [3.63, 3.8) is 0 Å². The fourth-order valence-corrected chi connectivity index (χ4v) is 3.02. The van der Waals surface area contributed by atoms with Gasteiger partial charge in [-0.15, -0.1) is 0 Å². The first kappa shape index (κ1) is 20.3. The Balaban J connectivity index is 1.76. The summed E-state index contributed by atoms with van der Waals surface area (Å²) in [6.07, 6.45) is 0. The molecule has 1 heterocycles. The van der Waals surface area contributed by atoms with Crippen molar-refractivity contribution < 1.29 is 14.5 Å². The normalized spacial score (nSPS) is 12.0. The fourth-order valence-electron chi connectivity index (χ4n) is 2.76. The highest BCUT2D eigenvalue weighted by Crippen LogP contribution is 2.23. The van der Waals surface area contributed by atoms with Crippen LogP contribution in [0.15, 0.2) is 42.5 Å². The van der Waals surface area contributed by atoms with E-state index in [-0.39, 0.29) is 28.1 Å². The number of aromatic amines is 1. The number of rotatable bonds is 6. The smallest absolute Gasteiger partial charge is 0.270 e. The van der Waals surface area contributed by atoms with Gasteiger partial charge in [0.2, 0.25) is 11.9 Å². The molecule has 3 aromatic rings. The predicted octanol–water partition coefficient (Wildman–Crippen LogP) is 3.52. The van der Waals surface area contributed by atoms with Gasteiger partial charge in [-0.2, -0.15) is 0 Å². The van der Waals surface area contributed by atoms with Crippen molar-refractivity contribution in [3.05, 3.63) is 63.2 Å². The summed E-state index contributed by atoms with van der Waals surface area (Å²) in [5.41, 5.74) is 1.28. The van der Waals surface area contributed by atoms with E-state index in [9.17, 15) is 19.7 Å². The Bertz CT molecular complexity index is 1060. The third kappa shape index (κ3) is 4.52. The molecule has 3 rings (SSSR count). The van der Waals surface area contributed by atoms with E-state index in [0.717, 1.165) is 11.6 Å². The van der Waals surface area contributed by atoms with Gasteiger partial charge in [-0.25, -0.2) is 4.98 Å². The lowest BCUT2D eigenvalue weighted by Crippen LogP contribution is -2.47. The number of H-pyrrole nitrogens is 1. The van der Waals surface area contributed by atoms with Crippen LogP contribution in [0.25, 0.3) is 11.0 Å². The summed E-state index contributed by atoms with van der Waals surface area (Å²) >= 11 is 6.01. The number of hydrogen-bond donors (Lipinski definition) is 3. The Kier molecular flexibility index (Phi) is 5.79. The van der Waals surface area contributed by atoms with E-state index < -0.39 is 22.8 Å². The number of nitro benzene ring substituents is 1. The maximum Gasteiger partial charge on any atom is 0.270 e. The molecule has 0 fully saturated rings. The highest BCUT2D eigenvalue weighted by molar-refractivity contribution is 6.34. The topological polar surface area (TPSA) is 130 Å². The zero-order chi connectivity index (χ0) is 21.1. The van der Waals surface area contributed by atoms with Crippen molar-refractivity contribution in [1.82, 2.24) is 15.3 Å².